The molecular formula is C9H8BrF2. The van der Waals surface area contributed by atoms with Gasteiger partial charge in [0.1, 0.15) is 0 Å². The number of hydrogen-bond acceptors (Lipinski definition) is 0. The number of benzene rings is 1. The summed E-state index contributed by atoms with van der Waals surface area (Å²) in [7, 11) is 0. The van der Waals surface area contributed by atoms with E-state index in [2.05, 4.69) is 15.9 Å². The van der Waals surface area contributed by atoms with Crippen molar-refractivity contribution >= 4 is 15.9 Å². The third-order valence-electron chi connectivity index (χ3n) is 1.61. The van der Waals surface area contributed by atoms with Gasteiger partial charge in [-0.25, -0.2) is 8.78 Å². The second-order valence-electron chi connectivity index (χ2n) is 2.52. The minimum absolute atomic E-state index is 0.340. The third kappa shape index (κ3) is 1.83. The molecule has 1 rings (SSSR count). The minimum atomic E-state index is -0.798. The fraction of sp³-hybridized carbons (Fsp3) is 0.222. The van der Waals surface area contributed by atoms with Crippen LogP contribution in [0.15, 0.2) is 18.2 Å². The molecule has 0 atom stereocenters. The summed E-state index contributed by atoms with van der Waals surface area (Å²) in [4.78, 5) is 0. The van der Waals surface area contributed by atoms with Crippen LogP contribution in [0.2, 0.25) is 0 Å². The molecule has 1 aromatic carbocycles. The lowest BCUT2D eigenvalue weighted by Gasteiger charge is -2.08. The molecular weight excluding hydrogens is 226 g/mol. The van der Waals surface area contributed by atoms with Crippen molar-refractivity contribution in [2.45, 2.75) is 6.92 Å². The van der Waals surface area contributed by atoms with Gasteiger partial charge < -0.3 is 0 Å². The van der Waals surface area contributed by atoms with Crippen molar-refractivity contribution in [3.8, 4) is 0 Å². The van der Waals surface area contributed by atoms with Crippen molar-refractivity contribution < 1.29 is 8.78 Å². The summed E-state index contributed by atoms with van der Waals surface area (Å²) in [5, 5.41) is 0.549. The summed E-state index contributed by atoms with van der Waals surface area (Å²) in [6.45, 7) is 1.76. The standard InChI is InChI=1S/C9H8BrF2/c1-6(5-10)7-3-2-4-8(11)9(7)12/h2-4H,5H2,1H3. The summed E-state index contributed by atoms with van der Waals surface area (Å²) >= 11 is 3.18. The average Bonchev–Trinajstić information content (AvgIpc) is 2.08. The van der Waals surface area contributed by atoms with Crippen LogP contribution in [-0.2, 0) is 0 Å². The molecule has 0 saturated carbocycles. The molecule has 3 heteroatoms. The molecule has 0 heterocycles. The second-order valence-corrected chi connectivity index (χ2v) is 3.08. The van der Waals surface area contributed by atoms with Crippen LogP contribution in [0, 0.1) is 17.6 Å². The van der Waals surface area contributed by atoms with Gasteiger partial charge in [0.05, 0.1) is 0 Å². The van der Waals surface area contributed by atoms with Crippen LogP contribution in [0.5, 0.6) is 0 Å². The molecule has 0 aromatic heterocycles. The summed E-state index contributed by atoms with van der Waals surface area (Å²) in [5.41, 5.74) is 0.340. The highest BCUT2D eigenvalue weighted by atomic mass is 79.9. The Kier molecular flexibility index (Phi) is 3.20. The van der Waals surface area contributed by atoms with Crippen molar-refractivity contribution in [2.75, 3.05) is 5.33 Å². The zero-order valence-corrected chi connectivity index (χ0v) is 8.16. The molecule has 0 aliphatic carbocycles. The van der Waals surface area contributed by atoms with Gasteiger partial charge in [-0.05, 0) is 11.6 Å². The summed E-state index contributed by atoms with van der Waals surface area (Å²) < 4.78 is 25.7. The summed E-state index contributed by atoms with van der Waals surface area (Å²) in [5.74, 6) is -0.783. The fourth-order valence-electron chi connectivity index (χ4n) is 0.905. The number of halogens is 3. The van der Waals surface area contributed by atoms with Gasteiger partial charge in [0.25, 0.3) is 0 Å². The normalized spacial score (nSPS) is 10.8. The van der Waals surface area contributed by atoms with Gasteiger partial charge in [-0.15, -0.1) is 0 Å². The van der Waals surface area contributed by atoms with Crippen molar-refractivity contribution in [1.82, 2.24) is 0 Å². The molecule has 0 aliphatic rings. The van der Waals surface area contributed by atoms with Crippen LogP contribution >= 0.6 is 15.9 Å². The lowest BCUT2D eigenvalue weighted by Crippen LogP contribution is -2.01. The Morgan fingerprint density at radius 1 is 1.42 bits per heavy atom. The molecule has 0 aliphatic heterocycles. The van der Waals surface area contributed by atoms with Crippen molar-refractivity contribution in [2.24, 2.45) is 0 Å². The molecule has 0 spiro atoms. The predicted molar refractivity (Wildman–Crippen MR) is 48.2 cm³/mol. The molecule has 1 radical (unpaired) electrons. The lowest BCUT2D eigenvalue weighted by molar-refractivity contribution is 0.502. The van der Waals surface area contributed by atoms with Crippen LogP contribution in [0.4, 0.5) is 8.78 Å². The maximum atomic E-state index is 13.0. The van der Waals surface area contributed by atoms with Gasteiger partial charge in [-0.3, -0.25) is 0 Å². The van der Waals surface area contributed by atoms with Gasteiger partial charge in [0.15, 0.2) is 11.6 Å². The largest absolute Gasteiger partial charge is 0.204 e. The fourth-order valence-corrected chi connectivity index (χ4v) is 1.21. The molecule has 1 aromatic rings. The maximum absolute atomic E-state index is 13.0. The van der Waals surface area contributed by atoms with E-state index < -0.39 is 11.6 Å². The topological polar surface area (TPSA) is 0 Å². The van der Waals surface area contributed by atoms with E-state index in [0.29, 0.717) is 10.9 Å². The first-order valence-corrected chi connectivity index (χ1v) is 4.61. The third-order valence-corrected chi connectivity index (χ3v) is 2.45. The van der Waals surface area contributed by atoms with E-state index in [0.717, 1.165) is 12.0 Å². The minimum Gasteiger partial charge on any atom is -0.204 e. The summed E-state index contributed by atoms with van der Waals surface area (Å²) in [6, 6.07) is 4.18. The van der Waals surface area contributed by atoms with Crippen LogP contribution in [0.3, 0.4) is 0 Å². The Labute approximate surface area is 78.7 Å². The molecule has 65 valence electrons. The highest BCUT2D eigenvalue weighted by molar-refractivity contribution is 9.09. The Bertz CT molecular complexity index is 273. The average molecular weight is 234 g/mol. The highest BCUT2D eigenvalue weighted by Crippen LogP contribution is 2.21. The van der Waals surface area contributed by atoms with E-state index in [4.69, 9.17) is 0 Å². The van der Waals surface area contributed by atoms with Gasteiger partial charge in [-0.1, -0.05) is 35.0 Å². The molecule has 0 nitrogen and oxygen atoms in total. The summed E-state index contributed by atoms with van der Waals surface area (Å²) in [6.07, 6.45) is 0. The van der Waals surface area contributed by atoms with Crippen LogP contribution in [0.25, 0.3) is 0 Å². The maximum Gasteiger partial charge on any atom is 0.162 e. The quantitative estimate of drug-likeness (QED) is 0.688. The monoisotopic (exact) mass is 233 g/mol. The molecule has 12 heavy (non-hydrogen) atoms. The zero-order chi connectivity index (χ0) is 9.14. The number of hydrogen-bond donors (Lipinski definition) is 0. The Hall–Kier alpha value is -0.440. The van der Waals surface area contributed by atoms with Crippen LogP contribution in [-0.4, -0.2) is 5.33 Å². The van der Waals surface area contributed by atoms with E-state index in [1.165, 1.54) is 6.07 Å². The van der Waals surface area contributed by atoms with E-state index in [-0.39, 0.29) is 0 Å². The van der Waals surface area contributed by atoms with Crippen molar-refractivity contribution in [3.63, 3.8) is 0 Å². The molecule has 0 unspecified atom stereocenters. The smallest absolute Gasteiger partial charge is 0.162 e. The SMILES string of the molecule is C[C](CBr)c1cccc(F)c1F. The van der Waals surface area contributed by atoms with E-state index in [1.54, 1.807) is 13.0 Å². The number of rotatable bonds is 2. The molecule has 0 saturated heterocycles. The van der Waals surface area contributed by atoms with Gasteiger partial charge in [0.2, 0.25) is 0 Å². The first-order chi connectivity index (χ1) is 5.66. The van der Waals surface area contributed by atoms with Gasteiger partial charge >= 0.3 is 0 Å². The molecule has 0 N–H and O–H groups in total. The van der Waals surface area contributed by atoms with Crippen LogP contribution < -0.4 is 0 Å². The molecule has 0 bridgehead atoms. The van der Waals surface area contributed by atoms with Crippen LogP contribution in [0.1, 0.15) is 12.5 Å². The van der Waals surface area contributed by atoms with Crippen molar-refractivity contribution in [3.05, 3.63) is 41.3 Å². The van der Waals surface area contributed by atoms with E-state index in [1.807, 2.05) is 0 Å². The molecule has 0 fully saturated rings. The first kappa shape index (κ1) is 9.65. The Balaban J connectivity index is 3.07. The van der Waals surface area contributed by atoms with Gasteiger partial charge in [-0.2, -0.15) is 0 Å². The highest BCUT2D eigenvalue weighted by Gasteiger charge is 2.12. The van der Waals surface area contributed by atoms with E-state index >= 15 is 0 Å². The zero-order valence-electron chi connectivity index (χ0n) is 6.57. The Morgan fingerprint density at radius 3 is 2.67 bits per heavy atom. The molecule has 0 amide bonds. The lowest BCUT2D eigenvalue weighted by atomic mass is 10.0. The number of alkyl halides is 1. The second kappa shape index (κ2) is 3.99. The Morgan fingerprint density at radius 2 is 2.08 bits per heavy atom. The predicted octanol–water partition coefficient (Wildman–Crippen LogP) is 3.30. The van der Waals surface area contributed by atoms with E-state index in [9.17, 15) is 8.78 Å². The van der Waals surface area contributed by atoms with Crippen molar-refractivity contribution in [1.29, 1.82) is 0 Å². The first-order valence-electron chi connectivity index (χ1n) is 3.49. The van der Waals surface area contributed by atoms with Gasteiger partial charge in [0, 0.05) is 11.2 Å².